The highest BCUT2D eigenvalue weighted by atomic mass is 19.1. The first kappa shape index (κ1) is 21.0. The number of para-hydroxylation sites is 1. The van der Waals surface area contributed by atoms with Crippen LogP contribution in [0.3, 0.4) is 0 Å². The quantitative estimate of drug-likeness (QED) is 0.451. The summed E-state index contributed by atoms with van der Waals surface area (Å²) in [4.78, 5) is 39.5. The van der Waals surface area contributed by atoms with Crippen molar-refractivity contribution in [3.8, 4) is 0 Å². The number of aromatic nitrogens is 1. The van der Waals surface area contributed by atoms with Gasteiger partial charge in [-0.25, -0.2) is 4.39 Å². The maximum Gasteiger partial charge on any atom is 0.243 e. The molecule has 2 atom stereocenters. The maximum absolute atomic E-state index is 13.5. The lowest BCUT2D eigenvalue weighted by Gasteiger charge is -2.21. The Morgan fingerprint density at radius 3 is 2.50 bits per heavy atom. The van der Waals surface area contributed by atoms with E-state index in [1.165, 1.54) is 25.1 Å². The summed E-state index contributed by atoms with van der Waals surface area (Å²) in [5, 5.41) is 6.10. The van der Waals surface area contributed by atoms with Gasteiger partial charge < -0.3 is 21.4 Å². The van der Waals surface area contributed by atoms with Gasteiger partial charge in [-0.05, 0) is 29.3 Å². The van der Waals surface area contributed by atoms with Gasteiger partial charge in [0.15, 0.2) is 0 Å². The van der Waals surface area contributed by atoms with Crippen LogP contribution in [0.25, 0.3) is 10.9 Å². The van der Waals surface area contributed by atoms with Gasteiger partial charge in [-0.1, -0.05) is 30.3 Å². The molecule has 0 unspecified atom stereocenters. The van der Waals surface area contributed by atoms with E-state index in [0.717, 1.165) is 16.5 Å². The van der Waals surface area contributed by atoms with Gasteiger partial charge in [0.25, 0.3) is 0 Å². The van der Waals surface area contributed by atoms with E-state index >= 15 is 0 Å². The largest absolute Gasteiger partial charge is 0.368 e. The molecule has 30 heavy (non-hydrogen) atoms. The van der Waals surface area contributed by atoms with Crippen molar-refractivity contribution in [3.05, 3.63) is 71.7 Å². The highest BCUT2D eigenvalue weighted by Gasteiger charge is 2.26. The Kier molecular flexibility index (Phi) is 6.46. The molecular weight excluding hydrogens is 387 g/mol. The normalized spacial score (nSPS) is 12.9. The number of hydrogen-bond donors (Lipinski definition) is 4. The van der Waals surface area contributed by atoms with Crippen molar-refractivity contribution in [1.82, 2.24) is 15.6 Å². The predicted octanol–water partition coefficient (Wildman–Crippen LogP) is 1.57. The van der Waals surface area contributed by atoms with E-state index in [2.05, 4.69) is 15.6 Å². The number of fused-ring (bicyclic) bond motifs is 1. The Balaban J connectivity index is 1.76. The number of H-pyrrole nitrogens is 1. The molecule has 2 aromatic carbocycles. The van der Waals surface area contributed by atoms with Crippen molar-refractivity contribution in [2.45, 2.75) is 31.8 Å². The Labute approximate surface area is 172 Å². The Hall–Kier alpha value is -3.68. The zero-order valence-corrected chi connectivity index (χ0v) is 16.4. The van der Waals surface area contributed by atoms with Crippen LogP contribution in [0.15, 0.2) is 54.7 Å². The molecule has 1 aromatic heterocycles. The molecule has 0 aliphatic heterocycles. The molecule has 0 bridgehead atoms. The van der Waals surface area contributed by atoms with Gasteiger partial charge in [-0.2, -0.15) is 0 Å². The molecule has 0 aliphatic rings. The smallest absolute Gasteiger partial charge is 0.243 e. The molecule has 3 rings (SSSR count). The standard InChI is InChI=1S/C22H23FN4O3/c1-13(28)26-20(10-14-5-4-6-16(23)9-14)22(30)27-19(21(24)29)11-15-12-25-18-8-3-2-7-17(15)18/h2-9,12,19-20,25H,10-11H2,1H3,(H2,24,29)(H,26,28)(H,27,30)/t19-,20-/m0/s1. The molecule has 156 valence electrons. The fourth-order valence-corrected chi connectivity index (χ4v) is 3.37. The van der Waals surface area contributed by atoms with Crippen LogP contribution in [-0.2, 0) is 27.2 Å². The van der Waals surface area contributed by atoms with E-state index in [9.17, 15) is 18.8 Å². The molecule has 0 radical (unpaired) electrons. The van der Waals surface area contributed by atoms with Crippen LogP contribution in [0.4, 0.5) is 4.39 Å². The number of rotatable bonds is 8. The Morgan fingerprint density at radius 2 is 1.80 bits per heavy atom. The third-order valence-corrected chi connectivity index (χ3v) is 4.78. The van der Waals surface area contributed by atoms with Crippen LogP contribution in [0.1, 0.15) is 18.1 Å². The predicted molar refractivity (Wildman–Crippen MR) is 111 cm³/mol. The summed E-state index contributed by atoms with van der Waals surface area (Å²) in [6.07, 6.45) is 2.03. The highest BCUT2D eigenvalue weighted by molar-refractivity contribution is 5.92. The second kappa shape index (κ2) is 9.21. The lowest BCUT2D eigenvalue weighted by atomic mass is 10.0. The molecule has 0 spiro atoms. The lowest BCUT2D eigenvalue weighted by molar-refractivity contribution is -0.130. The van der Waals surface area contributed by atoms with E-state index in [-0.39, 0.29) is 12.8 Å². The number of nitrogens with two attached hydrogens (primary N) is 1. The van der Waals surface area contributed by atoms with Gasteiger partial charge in [-0.15, -0.1) is 0 Å². The second-order valence-corrected chi connectivity index (χ2v) is 7.11. The molecular formula is C22H23FN4O3. The van der Waals surface area contributed by atoms with Gasteiger partial charge in [0.2, 0.25) is 17.7 Å². The number of carbonyl (C=O) groups excluding carboxylic acids is 3. The van der Waals surface area contributed by atoms with Crippen molar-refractivity contribution >= 4 is 28.6 Å². The zero-order valence-electron chi connectivity index (χ0n) is 16.4. The molecule has 0 aliphatic carbocycles. The van der Waals surface area contributed by atoms with Crippen LogP contribution in [0.2, 0.25) is 0 Å². The third-order valence-electron chi connectivity index (χ3n) is 4.78. The van der Waals surface area contributed by atoms with E-state index < -0.39 is 35.6 Å². The molecule has 0 saturated heterocycles. The molecule has 7 nitrogen and oxygen atoms in total. The van der Waals surface area contributed by atoms with Crippen molar-refractivity contribution in [2.75, 3.05) is 0 Å². The number of primary amides is 1. The molecule has 5 N–H and O–H groups in total. The first-order valence-electron chi connectivity index (χ1n) is 9.49. The first-order chi connectivity index (χ1) is 14.3. The van der Waals surface area contributed by atoms with Gasteiger partial charge in [0.1, 0.15) is 17.9 Å². The first-order valence-corrected chi connectivity index (χ1v) is 9.49. The minimum atomic E-state index is -0.978. The fourth-order valence-electron chi connectivity index (χ4n) is 3.37. The topological polar surface area (TPSA) is 117 Å². The van der Waals surface area contributed by atoms with Crippen LogP contribution in [0.5, 0.6) is 0 Å². The summed E-state index contributed by atoms with van der Waals surface area (Å²) in [7, 11) is 0. The minimum absolute atomic E-state index is 0.0712. The number of nitrogens with one attached hydrogen (secondary N) is 3. The SMILES string of the molecule is CC(=O)N[C@@H](Cc1cccc(F)c1)C(=O)N[C@@H](Cc1c[nH]c2ccccc12)C(N)=O. The molecule has 1 heterocycles. The second-order valence-electron chi connectivity index (χ2n) is 7.11. The van der Waals surface area contributed by atoms with Crippen molar-refractivity contribution < 1.29 is 18.8 Å². The molecule has 0 fully saturated rings. The van der Waals surface area contributed by atoms with E-state index in [0.29, 0.717) is 5.56 Å². The zero-order chi connectivity index (χ0) is 21.7. The van der Waals surface area contributed by atoms with Crippen LogP contribution in [-0.4, -0.2) is 34.8 Å². The Bertz CT molecular complexity index is 1080. The summed E-state index contributed by atoms with van der Waals surface area (Å²) in [6.45, 7) is 1.28. The molecule has 3 amide bonds. The van der Waals surface area contributed by atoms with Crippen molar-refractivity contribution in [1.29, 1.82) is 0 Å². The van der Waals surface area contributed by atoms with Gasteiger partial charge in [0, 0.05) is 36.9 Å². The maximum atomic E-state index is 13.5. The number of carbonyl (C=O) groups is 3. The average molecular weight is 410 g/mol. The number of amides is 3. The monoisotopic (exact) mass is 410 g/mol. The summed E-state index contributed by atoms with van der Waals surface area (Å²) in [5.74, 6) is -2.12. The summed E-state index contributed by atoms with van der Waals surface area (Å²) in [5.41, 5.74) is 7.79. The molecule has 8 heteroatoms. The van der Waals surface area contributed by atoms with E-state index in [1.54, 1.807) is 12.3 Å². The van der Waals surface area contributed by atoms with Crippen LogP contribution in [0, 0.1) is 5.82 Å². The molecule has 3 aromatic rings. The van der Waals surface area contributed by atoms with Crippen molar-refractivity contribution in [2.24, 2.45) is 5.73 Å². The third kappa shape index (κ3) is 5.22. The lowest BCUT2D eigenvalue weighted by Crippen LogP contribution is -2.54. The Morgan fingerprint density at radius 1 is 1.03 bits per heavy atom. The summed E-state index contributed by atoms with van der Waals surface area (Å²) >= 11 is 0. The number of halogens is 1. The van der Waals surface area contributed by atoms with Crippen molar-refractivity contribution in [3.63, 3.8) is 0 Å². The molecule has 0 saturated carbocycles. The number of aromatic amines is 1. The van der Waals surface area contributed by atoms with Gasteiger partial charge in [0.05, 0.1) is 0 Å². The number of hydrogen-bond acceptors (Lipinski definition) is 3. The van der Waals surface area contributed by atoms with Crippen LogP contribution < -0.4 is 16.4 Å². The highest BCUT2D eigenvalue weighted by Crippen LogP contribution is 2.19. The van der Waals surface area contributed by atoms with Gasteiger partial charge in [-0.3, -0.25) is 14.4 Å². The summed E-state index contributed by atoms with van der Waals surface area (Å²) in [6, 6.07) is 11.4. The van der Waals surface area contributed by atoms with Crippen LogP contribution >= 0.6 is 0 Å². The fraction of sp³-hybridized carbons (Fsp3) is 0.227. The minimum Gasteiger partial charge on any atom is -0.368 e. The van der Waals surface area contributed by atoms with E-state index in [4.69, 9.17) is 5.73 Å². The summed E-state index contributed by atoms with van der Waals surface area (Å²) < 4.78 is 13.5. The van der Waals surface area contributed by atoms with E-state index in [1.807, 2.05) is 24.3 Å². The number of benzene rings is 2. The average Bonchev–Trinajstić information content (AvgIpc) is 3.09. The van der Waals surface area contributed by atoms with Gasteiger partial charge >= 0.3 is 0 Å².